The predicted molar refractivity (Wildman–Crippen MR) is 162 cm³/mol. The quantitative estimate of drug-likeness (QED) is 0.0944. The van der Waals surface area contributed by atoms with Gasteiger partial charge in [0.05, 0.1) is 0 Å². The topological polar surface area (TPSA) is 9.23 Å². The second kappa shape index (κ2) is 13.9. The minimum Gasteiger partial charge on any atom is -0.429 e. The van der Waals surface area contributed by atoms with E-state index in [9.17, 15) is 13.2 Å². The van der Waals surface area contributed by atoms with Crippen LogP contribution in [0, 0.1) is 35.0 Å². The Hall–Kier alpha value is -3.52. The standard InChI is InChI=1S/C36H32ClF7O/c1-2-3-4-5-21-6-8-23(9-7-21)25-17-30(39)34(31(40)18-25)36(43,44)45-27-13-10-22(11-14-27)24-12-15-28(29(38)16-24)26-19-32(41)35(37)33(42)20-26/h10-21,23H,2-9H2,1H3. The lowest BCUT2D eigenvalue weighted by Crippen LogP contribution is -2.25. The zero-order chi connectivity index (χ0) is 32.3. The molecule has 0 amide bonds. The number of unbranched alkanes of at least 4 members (excludes halogenated alkanes) is 2. The first-order valence-corrected chi connectivity index (χ1v) is 15.5. The van der Waals surface area contributed by atoms with Gasteiger partial charge in [-0.2, -0.15) is 8.78 Å². The van der Waals surface area contributed by atoms with Gasteiger partial charge in [0.25, 0.3) is 0 Å². The van der Waals surface area contributed by atoms with Crippen LogP contribution in [-0.2, 0) is 6.11 Å². The minimum absolute atomic E-state index is 0.0536. The monoisotopic (exact) mass is 648 g/mol. The van der Waals surface area contributed by atoms with Crippen LogP contribution in [0.3, 0.4) is 0 Å². The molecule has 0 radical (unpaired) electrons. The molecular formula is C36H32ClF7O. The molecule has 45 heavy (non-hydrogen) atoms. The number of halogens is 8. The number of benzene rings is 4. The molecule has 5 rings (SSSR count). The van der Waals surface area contributed by atoms with Crippen molar-refractivity contribution in [1.82, 2.24) is 0 Å². The van der Waals surface area contributed by atoms with Crippen molar-refractivity contribution in [2.24, 2.45) is 5.92 Å². The lowest BCUT2D eigenvalue weighted by Gasteiger charge is -2.29. The van der Waals surface area contributed by atoms with Crippen molar-refractivity contribution >= 4 is 11.6 Å². The maximum atomic E-state index is 15.1. The average Bonchev–Trinajstić information content (AvgIpc) is 2.99. The zero-order valence-corrected chi connectivity index (χ0v) is 25.4. The number of ether oxygens (including phenoxy) is 1. The molecule has 0 aliphatic heterocycles. The molecule has 4 aromatic rings. The molecule has 1 aliphatic carbocycles. The van der Waals surface area contributed by atoms with E-state index in [0.717, 1.165) is 68.9 Å². The molecule has 0 unspecified atom stereocenters. The first-order valence-electron chi connectivity index (χ1n) is 15.1. The van der Waals surface area contributed by atoms with Crippen LogP contribution in [0.1, 0.15) is 75.3 Å². The predicted octanol–water partition coefficient (Wildman–Crippen LogP) is 12.4. The van der Waals surface area contributed by atoms with Gasteiger partial charge in [0.1, 0.15) is 45.4 Å². The second-order valence-corrected chi connectivity index (χ2v) is 12.0. The number of hydrogen-bond donors (Lipinski definition) is 0. The maximum Gasteiger partial charge on any atom is 0.432 e. The first kappa shape index (κ1) is 32.9. The lowest BCUT2D eigenvalue weighted by molar-refractivity contribution is -0.189. The van der Waals surface area contributed by atoms with Crippen molar-refractivity contribution in [3.05, 3.63) is 112 Å². The SMILES string of the molecule is CCCCCC1CCC(c2cc(F)c(C(F)(F)Oc3ccc(-c4ccc(-c5cc(F)c(Cl)c(F)c5)c(F)c4)cc3)c(F)c2)CC1. The molecular weight excluding hydrogens is 617 g/mol. The van der Waals surface area contributed by atoms with E-state index in [1.54, 1.807) is 0 Å². The highest BCUT2D eigenvalue weighted by Gasteiger charge is 2.41. The molecule has 0 N–H and O–H groups in total. The smallest absolute Gasteiger partial charge is 0.429 e. The van der Waals surface area contributed by atoms with E-state index in [-0.39, 0.29) is 22.8 Å². The Labute approximate surface area is 263 Å². The third kappa shape index (κ3) is 7.49. The highest BCUT2D eigenvalue weighted by molar-refractivity contribution is 6.31. The maximum absolute atomic E-state index is 15.1. The minimum atomic E-state index is -4.30. The van der Waals surface area contributed by atoms with Gasteiger partial charge in [-0.05, 0) is 102 Å². The molecule has 9 heteroatoms. The van der Waals surface area contributed by atoms with Crippen LogP contribution in [-0.4, -0.2) is 0 Å². The van der Waals surface area contributed by atoms with Crippen molar-refractivity contribution in [2.45, 2.75) is 70.3 Å². The summed E-state index contributed by atoms with van der Waals surface area (Å²) in [4.78, 5) is 0. The molecule has 0 saturated heterocycles. The zero-order valence-electron chi connectivity index (χ0n) is 24.6. The van der Waals surface area contributed by atoms with Gasteiger partial charge in [0.15, 0.2) is 0 Å². The first-order chi connectivity index (χ1) is 21.5. The van der Waals surface area contributed by atoms with E-state index in [2.05, 4.69) is 6.92 Å². The molecule has 1 aliphatic rings. The molecule has 0 aromatic heterocycles. The summed E-state index contributed by atoms with van der Waals surface area (Å²) in [7, 11) is 0. The normalized spacial score (nSPS) is 17.0. The lowest BCUT2D eigenvalue weighted by atomic mass is 9.77. The molecule has 0 heterocycles. The largest absolute Gasteiger partial charge is 0.432 e. The van der Waals surface area contributed by atoms with Crippen LogP contribution in [0.25, 0.3) is 22.3 Å². The molecule has 1 nitrogen and oxygen atoms in total. The molecule has 4 aromatic carbocycles. The fraction of sp³-hybridized carbons (Fsp3) is 0.333. The molecule has 238 valence electrons. The fourth-order valence-corrected chi connectivity index (χ4v) is 6.24. The Morgan fingerprint density at radius 2 is 1.27 bits per heavy atom. The molecule has 0 atom stereocenters. The van der Waals surface area contributed by atoms with E-state index < -0.39 is 45.8 Å². The van der Waals surface area contributed by atoms with Crippen LogP contribution in [0.4, 0.5) is 30.7 Å². The third-order valence-corrected chi connectivity index (χ3v) is 8.95. The summed E-state index contributed by atoms with van der Waals surface area (Å²) in [5.41, 5.74) is -0.458. The Bertz CT molecular complexity index is 1600. The van der Waals surface area contributed by atoms with Gasteiger partial charge in [0, 0.05) is 5.56 Å². The van der Waals surface area contributed by atoms with Crippen molar-refractivity contribution in [3.8, 4) is 28.0 Å². The van der Waals surface area contributed by atoms with Crippen LogP contribution < -0.4 is 4.74 Å². The summed E-state index contributed by atoms with van der Waals surface area (Å²) in [6, 6.07) is 12.8. The summed E-state index contributed by atoms with van der Waals surface area (Å²) < 4.78 is 108. The molecule has 0 bridgehead atoms. The summed E-state index contributed by atoms with van der Waals surface area (Å²) in [5.74, 6) is -5.44. The summed E-state index contributed by atoms with van der Waals surface area (Å²) in [6.07, 6.45) is 3.78. The van der Waals surface area contributed by atoms with Gasteiger partial charge < -0.3 is 4.74 Å². The van der Waals surface area contributed by atoms with Gasteiger partial charge in [-0.1, -0.05) is 68.5 Å². The summed E-state index contributed by atoms with van der Waals surface area (Å²) in [5, 5.41) is -0.698. The van der Waals surface area contributed by atoms with Crippen molar-refractivity contribution in [1.29, 1.82) is 0 Å². The highest BCUT2D eigenvalue weighted by atomic mass is 35.5. The van der Waals surface area contributed by atoms with E-state index >= 15 is 17.6 Å². The summed E-state index contributed by atoms with van der Waals surface area (Å²) >= 11 is 5.50. The van der Waals surface area contributed by atoms with E-state index in [1.807, 2.05) is 0 Å². The third-order valence-electron chi connectivity index (χ3n) is 8.59. The summed E-state index contributed by atoms with van der Waals surface area (Å²) in [6.45, 7) is 2.15. The van der Waals surface area contributed by atoms with Gasteiger partial charge in [-0.25, -0.2) is 22.0 Å². The average molecular weight is 649 g/mol. The second-order valence-electron chi connectivity index (χ2n) is 11.7. The number of alkyl halides is 2. The van der Waals surface area contributed by atoms with Crippen LogP contribution in [0.5, 0.6) is 5.75 Å². The Balaban J connectivity index is 1.27. The number of hydrogen-bond acceptors (Lipinski definition) is 1. The van der Waals surface area contributed by atoms with E-state index in [1.165, 1.54) is 49.2 Å². The van der Waals surface area contributed by atoms with Gasteiger partial charge in [-0.3, -0.25) is 0 Å². The van der Waals surface area contributed by atoms with E-state index in [4.69, 9.17) is 16.3 Å². The van der Waals surface area contributed by atoms with Crippen LogP contribution in [0.15, 0.2) is 66.7 Å². The van der Waals surface area contributed by atoms with Gasteiger partial charge in [0.2, 0.25) is 0 Å². The molecule has 0 spiro atoms. The van der Waals surface area contributed by atoms with Gasteiger partial charge >= 0.3 is 6.11 Å². The van der Waals surface area contributed by atoms with Crippen LogP contribution in [0.2, 0.25) is 5.02 Å². The fourth-order valence-electron chi connectivity index (χ4n) is 6.13. The Morgan fingerprint density at radius 3 is 1.84 bits per heavy atom. The number of rotatable bonds is 10. The van der Waals surface area contributed by atoms with E-state index in [0.29, 0.717) is 22.6 Å². The molecule has 1 fully saturated rings. The Kier molecular flexibility index (Phi) is 10.1. The van der Waals surface area contributed by atoms with Crippen molar-refractivity contribution in [2.75, 3.05) is 0 Å². The van der Waals surface area contributed by atoms with Crippen molar-refractivity contribution in [3.63, 3.8) is 0 Å². The van der Waals surface area contributed by atoms with Crippen LogP contribution >= 0.6 is 11.6 Å². The Morgan fingerprint density at radius 1 is 0.689 bits per heavy atom. The van der Waals surface area contributed by atoms with Crippen molar-refractivity contribution < 1.29 is 35.5 Å². The van der Waals surface area contributed by atoms with Gasteiger partial charge in [-0.15, -0.1) is 0 Å². The molecule has 1 saturated carbocycles. The highest BCUT2D eigenvalue weighted by Crippen LogP contribution is 2.41.